The molecule has 112 valence electrons. The van der Waals surface area contributed by atoms with Crippen molar-refractivity contribution in [1.29, 1.82) is 0 Å². The first kappa shape index (κ1) is 15.8. The van der Waals surface area contributed by atoms with E-state index in [0.29, 0.717) is 6.54 Å². The third-order valence-electron chi connectivity index (χ3n) is 3.61. The summed E-state index contributed by atoms with van der Waals surface area (Å²) < 4.78 is 0. The van der Waals surface area contributed by atoms with Crippen molar-refractivity contribution < 1.29 is 4.79 Å². The SMILES string of the molecule is [C-]#[N+]CCC(=O)NCCC(c1ccccc1)c1ccccc1. The molecule has 0 saturated carbocycles. The maximum Gasteiger partial charge on any atom is 0.227 e. The van der Waals surface area contributed by atoms with E-state index in [2.05, 4.69) is 34.4 Å². The summed E-state index contributed by atoms with van der Waals surface area (Å²) in [7, 11) is 0. The van der Waals surface area contributed by atoms with E-state index in [1.165, 1.54) is 11.1 Å². The number of benzene rings is 2. The van der Waals surface area contributed by atoms with Gasteiger partial charge in [-0.3, -0.25) is 4.79 Å². The molecule has 0 aliphatic carbocycles. The zero-order chi connectivity index (χ0) is 15.6. The molecule has 0 aliphatic rings. The van der Waals surface area contributed by atoms with E-state index in [9.17, 15) is 4.79 Å². The lowest BCUT2D eigenvalue weighted by atomic mass is 9.88. The van der Waals surface area contributed by atoms with Crippen molar-refractivity contribution >= 4 is 5.91 Å². The predicted octanol–water partition coefficient (Wildman–Crippen LogP) is 3.63. The smallest absolute Gasteiger partial charge is 0.227 e. The summed E-state index contributed by atoms with van der Waals surface area (Å²) in [5, 5.41) is 2.91. The van der Waals surface area contributed by atoms with Crippen molar-refractivity contribution in [3.8, 4) is 0 Å². The molecule has 3 nitrogen and oxygen atoms in total. The molecule has 0 saturated heterocycles. The van der Waals surface area contributed by atoms with Gasteiger partial charge in [-0.1, -0.05) is 60.7 Å². The number of carbonyl (C=O) groups is 1. The molecule has 2 aromatic carbocycles. The molecule has 0 heterocycles. The molecule has 0 radical (unpaired) electrons. The average Bonchev–Trinajstić information content (AvgIpc) is 2.58. The number of amides is 1. The number of rotatable bonds is 7. The van der Waals surface area contributed by atoms with Gasteiger partial charge in [-0.15, -0.1) is 0 Å². The molecule has 2 aromatic rings. The van der Waals surface area contributed by atoms with Gasteiger partial charge < -0.3 is 10.2 Å². The Balaban J connectivity index is 2.01. The van der Waals surface area contributed by atoms with Gasteiger partial charge >= 0.3 is 0 Å². The van der Waals surface area contributed by atoms with Gasteiger partial charge in [-0.25, -0.2) is 6.57 Å². The van der Waals surface area contributed by atoms with Crippen molar-refractivity contribution in [2.75, 3.05) is 13.1 Å². The second-order valence-corrected chi connectivity index (χ2v) is 5.14. The van der Waals surface area contributed by atoms with E-state index in [-0.39, 0.29) is 24.8 Å². The zero-order valence-electron chi connectivity index (χ0n) is 12.5. The van der Waals surface area contributed by atoms with Crippen LogP contribution in [0.1, 0.15) is 29.9 Å². The Morgan fingerprint density at radius 3 is 2.05 bits per heavy atom. The highest BCUT2D eigenvalue weighted by molar-refractivity contribution is 5.76. The van der Waals surface area contributed by atoms with Crippen LogP contribution in [0.5, 0.6) is 0 Å². The highest BCUT2D eigenvalue weighted by Gasteiger charge is 2.14. The molecule has 0 unspecified atom stereocenters. The minimum Gasteiger partial charge on any atom is -0.356 e. The highest BCUT2D eigenvalue weighted by Crippen LogP contribution is 2.27. The number of hydrogen-bond donors (Lipinski definition) is 1. The summed E-state index contributed by atoms with van der Waals surface area (Å²) in [6, 6.07) is 20.7. The lowest BCUT2D eigenvalue weighted by Crippen LogP contribution is -2.26. The fourth-order valence-corrected chi connectivity index (χ4v) is 2.50. The van der Waals surface area contributed by atoms with Crippen LogP contribution in [0.4, 0.5) is 0 Å². The Hall–Kier alpha value is -2.60. The summed E-state index contributed by atoms with van der Waals surface area (Å²) in [6.07, 6.45) is 1.13. The van der Waals surface area contributed by atoms with E-state index in [4.69, 9.17) is 6.57 Å². The van der Waals surface area contributed by atoms with E-state index < -0.39 is 0 Å². The van der Waals surface area contributed by atoms with Gasteiger partial charge in [0.25, 0.3) is 0 Å². The van der Waals surface area contributed by atoms with Gasteiger partial charge in [-0.2, -0.15) is 0 Å². The van der Waals surface area contributed by atoms with Crippen LogP contribution in [-0.4, -0.2) is 19.0 Å². The van der Waals surface area contributed by atoms with Crippen LogP contribution in [0.15, 0.2) is 60.7 Å². The fourth-order valence-electron chi connectivity index (χ4n) is 2.50. The number of hydrogen-bond acceptors (Lipinski definition) is 1. The summed E-state index contributed by atoms with van der Waals surface area (Å²) in [5.41, 5.74) is 2.51. The molecule has 0 bridgehead atoms. The molecule has 22 heavy (non-hydrogen) atoms. The van der Waals surface area contributed by atoms with Gasteiger partial charge in [0.2, 0.25) is 12.5 Å². The summed E-state index contributed by atoms with van der Waals surface area (Å²) in [6.45, 7) is 7.58. The Morgan fingerprint density at radius 2 is 1.55 bits per heavy atom. The lowest BCUT2D eigenvalue weighted by molar-refractivity contribution is -0.120. The number of nitrogens with zero attached hydrogens (tertiary/aromatic N) is 1. The monoisotopic (exact) mass is 292 g/mol. The van der Waals surface area contributed by atoms with Gasteiger partial charge in [0.1, 0.15) is 0 Å². The van der Waals surface area contributed by atoms with Crippen LogP contribution in [0.3, 0.4) is 0 Å². The van der Waals surface area contributed by atoms with E-state index in [1.807, 2.05) is 36.4 Å². The van der Waals surface area contributed by atoms with E-state index in [1.54, 1.807) is 0 Å². The first-order valence-corrected chi connectivity index (χ1v) is 7.51. The maximum atomic E-state index is 11.6. The quantitative estimate of drug-likeness (QED) is 0.777. The number of nitrogens with one attached hydrogen (secondary N) is 1. The molecule has 0 fully saturated rings. The van der Waals surface area contributed by atoms with Crippen LogP contribution >= 0.6 is 0 Å². The third-order valence-corrected chi connectivity index (χ3v) is 3.61. The molecule has 3 heteroatoms. The summed E-state index contributed by atoms with van der Waals surface area (Å²) in [4.78, 5) is 14.8. The standard InChI is InChI=1S/C19H20N2O/c1-20-14-13-19(22)21-15-12-18(16-8-4-2-5-9-16)17-10-6-3-7-11-17/h2-11,18H,12-15H2,(H,21,22). The Bertz CT molecular complexity index is 577. The van der Waals surface area contributed by atoms with Crippen molar-refractivity contribution in [1.82, 2.24) is 5.32 Å². The average molecular weight is 292 g/mol. The Morgan fingerprint density at radius 1 is 1.00 bits per heavy atom. The van der Waals surface area contributed by atoms with E-state index >= 15 is 0 Å². The molecule has 1 amide bonds. The number of carbonyl (C=O) groups excluding carboxylic acids is 1. The van der Waals surface area contributed by atoms with E-state index in [0.717, 1.165) is 6.42 Å². The molecule has 2 rings (SSSR count). The topological polar surface area (TPSA) is 33.5 Å². The first-order valence-electron chi connectivity index (χ1n) is 7.51. The minimum absolute atomic E-state index is 0.0455. The molecule has 0 spiro atoms. The van der Waals surface area contributed by atoms with Crippen LogP contribution in [0, 0.1) is 6.57 Å². The van der Waals surface area contributed by atoms with Crippen LogP contribution < -0.4 is 5.32 Å². The molecular weight excluding hydrogens is 272 g/mol. The van der Waals surface area contributed by atoms with Crippen molar-refractivity contribution in [3.05, 3.63) is 83.2 Å². The largest absolute Gasteiger partial charge is 0.356 e. The minimum atomic E-state index is -0.0455. The van der Waals surface area contributed by atoms with Crippen molar-refractivity contribution in [2.24, 2.45) is 0 Å². The van der Waals surface area contributed by atoms with Gasteiger partial charge in [0, 0.05) is 12.5 Å². The third kappa shape index (κ3) is 4.75. The second-order valence-electron chi connectivity index (χ2n) is 5.14. The van der Waals surface area contributed by atoms with Crippen LogP contribution in [0.2, 0.25) is 0 Å². The van der Waals surface area contributed by atoms with Gasteiger partial charge in [-0.05, 0) is 17.5 Å². The second kappa shape index (κ2) is 8.63. The first-order chi connectivity index (χ1) is 10.8. The van der Waals surface area contributed by atoms with Crippen LogP contribution in [-0.2, 0) is 4.79 Å². The maximum absolute atomic E-state index is 11.6. The lowest BCUT2D eigenvalue weighted by Gasteiger charge is -2.18. The highest BCUT2D eigenvalue weighted by atomic mass is 16.1. The Kier molecular flexibility index (Phi) is 6.19. The summed E-state index contributed by atoms with van der Waals surface area (Å²) in [5.74, 6) is 0.222. The Labute approximate surface area is 131 Å². The normalized spacial score (nSPS) is 10.2. The predicted molar refractivity (Wildman–Crippen MR) is 88.4 cm³/mol. The van der Waals surface area contributed by atoms with Gasteiger partial charge in [0.15, 0.2) is 0 Å². The zero-order valence-corrected chi connectivity index (χ0v) is 12.5. The molecule has 0 aliphatic heterocycles. The fraction of sp³-hybridized carbons (Fsp3) is 0.263. The van der Waals surface area contributed by atoms with Crippen LogP contribution in [0.25, 0.3) is 4.85 Å². The van der Waals surface area contributed by atoms with Gasteiger partial charge in [0.05, 0.1) is 6.42 Å². The van der Waals surface area contributed by atoms with Crippen molar-refractivity contribution in [3.63, 3.8) is 0 Å². The molecule has 1 N–H and O–H groups in total. The molecule has 0 atom stereocenters. The molecule has 0 aromatic heterocycles. The summed E-state index contributed by atoms with van der Waals surface area (Å²) >= 11 is 0. The molecular formula is C19H20N2O. The van der Waals surface area contributed by atoms with Crippen molar-refractivity contribution in [2.45, 2.75) is 18.8 Å².